The summed E-state index contributed by atoms with van der Waals surface area (Å²) in [7, 11) is 0. The van der Waals surface area contributed by atoms with Gasteiger partial charge in [0.05, 0.1) is 6.10 Å². The number of rotatable bonds is 5. The zero-order valence-corrected chi connectivity index (χ0v) is 13.0. The molecule has 5 heteroatoms. The van der Waals surface area contributed by atoms with Crippen LogP contribution in [0.15, 0.2) is 46.9 Å². The van der Waals surface area contributed by atoms with Crippen molar-refractivity contribution in [2.45, 2.75) is 12.6 Å². The first-order chi connectivity index (χ1) is 9.56. The van der Waals surface area contributed by atoms with E-state index in [1.54, 1.807) is 36.4 Å². The van der Waals surface area contributed by atoms with E-state index in [4.69, 9.17) is 11.6 Å². The quantitative estimate of drug-likeness (QED) is 0.844. The molecule has 0 fully saturated rings. The molecule has 0 aromatic heterocycles. The lowest BCUT2D eigenvalue weighted by atomic mass is 10.1. The predicted octanol–water partition coefficient (Wildman–Crippen LogP) is 4.06. The molecule has 2 aromatic carbocycles. The third-order valence-electron chi connectivity index (χ3n) is 2.92. The topological polar surface area (TPSA) is 32.3 Å². The van der Waals surface area contributed by atoms with Gasteiger partial charge in [0.15, 0.2) is 0 Å². The van der Waals surface area contributed by atoms with Crippen LogP contribution in [0.5, 0.6) is 0 Å². The molecule has 0 aliphatic carbocycles. The molecule has 0 amide bonds. The highest BCUT2D eigenvalue weighted by Gasteiger charge is 2.08. The van der Waals surface area contributed by atoms with Gasteiger partial charge in [-0.15, -0.1) is 0 Å². The van der Waals surface area contributed by atoms with E-state index in [9.17, 15) is 9.50 Å². The summed E-state index contributed by atoms with van der Waals surface area (Å²) in [5, 5.41) is 13.7. The Bertz CT molecular complexity index is 577. The van der Waals surface area contributed by atoms with E-state index in [1.807, 2.05) is 0 Å². The molecule has 0 spiro atoms. The number of hydrogen-bond acceptors (Lipinski definition) is 2. The van der Waals surface area contributed by atoms with Crippen LogP contribution in [0.1, 0.15) is 17.2 Å². The Hall–Kier alpha value is -0.940. The summed E-state index contributed by atoms with van der Waals surface area (Å²) in [6, 6.07) is 11.8. The molecule has 2 aromatic rings. The third kappa shape index (κ3) is 4.28. The Morgan fingerprint density at radius 3 is 2.60 bits per heavy atom. The predicted molar refractivity (Wildman–Crippen MR) is 82.2 cm³/mol. The molecule has 0 saturated carbocycles. The molecule has 2 N–H and O–H groups in total. The van der Waals surface area contributed by atoms with Crippen LogP contribution >= 0.6 is 27.5 Å². The van der Waals surface area contributed by atoms with Gasteiger partial charge in [-0.2, -0.15) is 0 Å². The summed E-state index contributed by atoms with van der Waals surface area (Å²) in [4.78, 5) is 0. The van der Waals surface area contributed by atoms with Crippen molar-refractivity contribution in [3.63, 3.8) is 0 Å². The summed E-state index contributed by atoms with van der Waals surface area (Å²) >= 11 is 9.09. The lowest BCUT2D eigenvalue weighted by molar-refractivity contribution is 0.174. The van der Waals surface area contributed by atoms with Gasteiger partial charge in [0, 0.05) is 28.1 Å². The van der Waals surface area contributed by atoms with Crippen molar-refractivity contribution < 1.29 is 9.50 Å². The van der Waals surface area contributed by atoms with E-state index in [0.29, 0.717) is 23.7 Å². The SMILES string of the molecule is OC(CNCc1cc(Br)ccc1F)c1ccc(Cl)cc1. The van der Waals surface area contributed by atoms with Crippen LogP contribution in [0.2, 0.25) is 5.02 Å². The molecule has 20 heavy (non-hydrogen) atoms. The molecular weight excluding hydrogens is 345 g/mol. The van der Waals surface area contributed by atoms with Crippen LogP contribution in [0.25, 0.3) is 0 Å². The fourth-order valence-corrected chi connectivity index (χ4v) is 2.36. The van der Waals surface area contributed by atoms with Gasteiger partial charge in [0.1, 0.15) is 5.82 Å². The average molecular weight is 359 g/mol. The number of benzene rings is 2. The van der Waals surface area contributed by atoms with Crippen LogP contribution in [0.4, 0.5) is 4.39 Å². The van der Waals surface area contributed by atoms with E-state index in [-0.39, 0.29) is 5.82 Å². The first kappa shape index (κ1) is 15.4. The number of aliphatic hydroxyl groups is 1. The molecule has 0 aliphatic rings. The van der Waals surface area contributed by atoms with Gasteiger partial charge in [0.25, 0.3) is 0 Å². The van der Waals surface area contributed by atoms with E-state index in [0.717, 1.165) is 10.0 Å². The van der Waals surface area contributed by atoms with Crippen molar-refractivity contribution in [3.8, 4) is 0 Å². The Kier molecular flexibility index (Phi) is 5.54. The lowest BCUT2D eigenvalue weighted by Gasteiger charge is -2.13. The summed E-state index contributed by atoms with van der Waals surface area (Å²) in [6.45, 7) is 0.698. The smallest absolute Gasteiger partial charge is 0.127 e. The first-order valence-electron chi connectivity index (χ1n) is 6.14. The van der Waals surface area contributed by atoms with Crippen LogP contribution < -0.4 is 5.32 Å². The zero-order valence-electron chi connectivity index (χ0n) is 10.6. The largest absolute Gasteiger partial charge is 0.387 e. The molecule has 2 rings (SSSR count). The molecule has 0 radical (unpaired) electrons. The minimum atomic E-state index is -0.650. The van der Waals surface area contributed by atoms with Crippen LogP contribution in [0, 0.1) is 5.82 Å². The minimum Gasteiger partial charge on any atom is -0.387 e. The third-order valence-corrected chi connectivity index (χ3v) is 3.66. The van der Waals surface area contributed by atoms with Gasteiger partial charge in [0.2, 0.25) is 0 Å². The number of halogens is 3. The summed E-state index contributed by atoms with van der Waals surface area (Å²) < 4.78 is 14.4. The summed E-state index contributed by atoms with van der Waals surface area (Å²) in [5.41, 5.74) is 1.33. The molecule has 0 saturated heterocycles. The Labute approximate surface area is 130 Å². The van der Waals surface area contributed by atoms with Crippen LogP contribution in [-0.2, 0) is 6.54 Å². The van der Waals surface area contributed by atoms with Gasteiger partial charge in [-0.1, -0.05) is 39.7 Å². The number of hydrogen-bond donors (Lipinski definition) is 2. The fraction of sp³-hybridized carbons (Fsp3) is 0.200. The molecular formula is C15H14BrClFNO. The van der Waals surface area contributed by atoms with E-state index >= 15 is 0 Å². The van der Waals surface area contributed by atoms with Crippen molar-refractivity contribution >= 4 is 27.5 Å². The number of aliphatic hydroxyl groups excluding tert-OH is 1. The van der Waals surface area contributed by atoms with E-state index in [1.165, 1.54) is 6.07 Å². The Balaban J connectivity index is 1.89. The molecule has 2 nitrogen and oxygen atoms in total. The second-order valence-electron chi connectivity index (χ2n) is 4.43. The molecule has 0 bridgehead atoms. The number of nitrogens with one attached hydrogen (secondary N) is 1. The normalized spacial score (nSPS) is 12.4. The van der Waals surface area contributed by atoms with Gasteiger partial charge in [-0.25, -0.2) is 4.39 Å². The van der Waals surface area contributed by atoms with E-state index < -0.39 is 6.10 Å². The van der Waals surface area contributed by atoms with Crippen molar-refractivity contribution in [1.82, 2.24) is 5.32 Å². The maximum absolute atomic E-state index is 13.5. The standard InChI is InChI=1S/C15H14BrClFNO/c16-12-3-6-14(18)11(7-12)8-19-9-15(20)10-1-4-13(17)5-2-10/h1-7,15,19-20H,8-9H2. The Morgan fingerprint density at radius 2 is 1.90 bits per heavy atom. The highest BCUT2D eigenvalue weighted by Crippen LogP contribution is 2.17. The van der Waals surface area contributed by atoms with Crippen molar-refractivity contribution in [3.05, 3.63) is 68.9 Å². The van der Waals surface area contributed by atoms with Crippen molar-refractivity contribution in [2.24, 2.45) is 0 Å². The average Bonchev–Trinajstić information content (AvgIpc) is 2.43. The fourth-order valence-electron chi connectivity index (χ4n) is 1.83. The van der Waals surface area contributed by atoms with Crippen LogP contribution in [0.3, 0.4) is 0 Å². The monoisotopic (exact) mass is 357 g/mol. The van der Waals surface area contributed by atoms with Gasteiger partial charge in [-0.3, -0.25) is 0 Å². The van der Waals surface area contributed by atoms with Crippen molar-refractivity contribution in [2.75, 3.05) is 6.54 Å². The Morgan fingerprint density at radius 1 is 1.20 bits per heavy atom. The minimum absolute atomic E-state index is 0.262. The molecule has 0 aliphatic heterocycles. The molecule has 1 atom stereocenters. The molecule has 0 heterocycles. The van der Waals surface area contributed by atoms with Gasteiger partial charge >= 0.3 is 0 Å². The second-order valence-corrected chi connectivity index (χ2v) is 5.79. The first-order valence-corrected chi connectivity index (χ1v) is 7.31. The molecule has 1 unspecified atom stereocenters. The van der Waals surface area contributed by atoms with Crippen LogP contribution in [-0.4, -0.2) is 11.7 Å². The molecule has 106 valence electrons. The maximum Gasteiger partial charge on any atom is 0.127 e. The van der Waals surface area contributed by atoms with Crippen molar-refractivity contribution in [1.29, 1.82) is 0 Å². The maximum atomic E-state index is 13.5. The second kappa shape index (κ2) is 7.18. The lowest BCUT2D eigenvalue weighted by Crippen LogP contribution is -2.21. The summed E-state index contributed by atoms with van der Waals surface area (Å²) in [6.07, 6.45) is -0.650. The highest BCUT2D eigenvalue weighted by molar-refractivity contribution is 9.10. The van der Waals surface area contributed by atoms with Gasteiger partial charge in [-0.05, 0) is 35.9 Å². The highest BCUT2D eigenvalue weighted by atomic mass is 79.9. The summed E-state index contributed by atoms with van der Waals surface area (Å²) in [5.74, 6) is -0.262. The zero-order chi connectivity index (χ0) is 14.5. The van der Waals surface area contributed by atoms with Gasteiger partial charge < -0.3 is 10.4 Å². The van der Waals surface area contributed by atoms with E-state index in [2.05, 4.69) is 21.2 Å².